The maximum atomic E-state index is 13.5. The van der Waals surface area contributed by atoms with Crippen molar-refractivity contribution in [1.29, 1.82) is 0 Å². The third kappa shape index (κ3) is 3.98. The average Bonchev–Trinajstić information content (AvgIpc) is 3.48. The first-order valence-electron chi connectivity index (χ1n) is 12.5. The van der Waals surface area contributed by atoms with Crippen LogP contribution < -0.4 is 14.4 Å². The van der Waals surface area contributed by atoms with Gasteiger partial charge in [-0.1, -0.05) is 24.3 Å². The predicted molar refractivity (Wildman–Crippen MR) is 143 cm³/mol. The van der Waals surface area contributed by atoms with E-state index in [0.717, 1.165) is 46.4 Å². The first-order chi connectivity index (χ1) is 18.6. The molecule has 1 fully saturated rings. The van der Waals surface area contributed by atoms with E-state index in [-0.39, 0.29) is 5.91 Å². The summed E-state index contributed by atoms with van der Waals surface area (Å²) in [5.41, 5.74) is 3.41. The highest BCUT2D eigenvalue weighted by atomic mass is 16.5. The molecule has 5 aromatic rings. The van der Waals surface area contributed by atoms with Gasteiger partial charge in [0.1, 0.15) is 17.7 Å². The minimum atomic E-state index is -0.0821. The number of aryl methyl sites for hydroxylation is 1. The van der Waals surface area contributed by atoms with E-state index < -0.39 is 0 Å². The van der Waals surface area contributed by atoms with E-state index in [9.17, 15) is 4.79 Å². The lowest BCUT2D eigenvalue weighted by Crippen LogP contribution is -2.36. The van der Waals surface area contributed by atoms with Crippen LogP contribution in [-0.2, 0) is 0 Å². The van der Waals surface area contributed by atoms with Crippen molar-refractivity contribution in [2.75, 3.05) is 45.3 Å². The van der Waals surface area contributed by atoms with Crippen LogP contribution in [0, 0.1) is 6.92 Å². The number of rotatable bonds is 5. The first-order valence-corrected chi connectivity index (χ1v) is 12.5. The maximum absolute atomic E-state index is 13.5. The van der Waals surface area contributed by atoms with Crippen LogP contribution in [0.5, 0.6) is 11.5 Å². The lowest BCUT2D eigenvalue weighted by Gasteiger charge is -2.26. The van der Waals surface area contributed by atoms with E-state index >= 15 is 0 Å². The minimum absolute atomic E-state index is 0.0821. The van der Waals surface area contributed by atoms with Crippen LogP contribution in [0.25, 0.3) is 27.9 Å². The van der Waals surface area contributed by atoms with Gasteiger partial charge in [0, 0.05) is 48.9 Å². The van der Waals surface area contributed by atoms with Crippen LogP contribution in [0.2, 0.25) is 0 Å². The highest BCUT2D eigenvalue weighted by Gasteiger charge is 2.27. The molecule has 3 aromatic heterocycles. The van der Waals surface area contributed by atoms with Crippen LogP contribution in [0.4, 0.5) is 5.82 Å². The topological polar surface area (TPSA) is 98.2 Å². The molecule has 1 saturated heterocycles. The Hall–Kier alpha value is -4.60. The van der Waals surface area contributed by atoms with Gasteiger partial charge >= 0.3 is 0 Å². The Labute approximate surface area is 219 Å². The number of ether oxygens (including phenoxy) is 2. The highest BCUT2D eigenvalue weighted by molar-refractivity contribution is 5.99. The number of nitrogens with zero attached hydrogens (tertiary/aromatic N) is 6. The van der Waals surface area contributed by atoms with Crippen LogP contribution in [-0.4, -0.2) is 70.8 Å². The van der Waals surface area contributed by atoms with E-state index in [1.54, 1.807) is 18.7 Å². The fourth-order valence-electron chi connectivity index (χ4n) is 5.13. The van der Waals surface area contributed by atoms with Gasteiger partial charge in [-0.3, -0.25) is 4.79 Å². The molecule has 0 N–H and O–H groups in total. The number of furan rings is 1. The molecule has 0 spiro atoms. The maximum Gasteiger partial charge on any atom is 0.289 e. The molecule has 194 valence electrons. The predicted octanol–water partition coefficient (Wildman–Crippen LogP) is 4.22. The van der Waals surface area contributed by atoms with Gasteiger partial charge in [0.2, 0.25) is 0 Å². The zero-order chi connectivity index (χ0) is 26.2. The summed E-state index contributed by atoms with van der Waals surface area (Å²) in [6, 6.07) is 13.5. The second-order valence-corrected chi connectivity index (χ2v) is 9.22. The number of anilines is 1. The zero-order valence-corrected chi connectivity index (χ0v) is 21.5. The van der Waals surface area contributed by atoms with Crippen molar-refractivity contribution < 1.29 is 18.7 Å². The number of carbonyl (C=O) groups excluding carboxylic acids is 1. The quantitative estimate of drug-likeness (QED) is 0.345. The number of para-hydroxylation sites is 1. The van der Waals surface area contributed by atoms with E-state index in [1.165, 1.54) is 6.33 Å². The van der Waals surface area contributed by atoms with Gasteiger partial charge in [-0.25, -0.2) is 4.98 Å². The molecule has 0 saturated carbocycles. The number of amides is 1. The number of benzene rings is 2. The van der Waals surface area contributed by atoms with Gasteiger partial charge in [-0.2, -0.15) is 14.6 Å². The summed E-state index contributed by atoms with van der Waals surface area (Å²) < 4.78 is 18.7. The van der Waals surface area contributed by atoms with Crippen molar-refractivity contribution in [2.24, 2.45) is 0 Å². The molecule has 2 aromatic carbocycles. The SMILES string of the molecule is COc1ccc(-c2cnc3ncnn3c2N2CCCN(C(=O)c3oc4ccccc4c3C)CC2)cc1OC. The lowest BCUT2D eigenvalue weighted by molar-refractivity contribution is 0.0736. The van der Waals surface area contributed by atoms with Crippen LogP contribution in [0.1, 0.15) is 22.5 Å². The standard InChI is InChI=1S/C28H28N6O4/c1-18-20-7-4-5-8-22(20)38-25(18)27(35)33-12-6-11-32(13-14-33)26-21(16-29-28-30-17-31-34(26)28)19-9-10-23(36-2)24(15-19)37-3/h4-5,7-10,15-17H,6,11-14H2,1-3H3. The van der Waals surface area contributed by atoms with Gasteiger partial charge in [0.05, 0.1) is 14.2 Å². The molecule has 4 heterocycles. The molecule has 0 bridgehead atoms. The normalized spacial score (nSPS) is 14.2. The second-order valence-electron chi connectivity index (χ2n) is 9.22. The molecule has 38 heavy (non-hydrogen) atoms. The third-order valence-electron chi connectivity index (χ3n) is 7.10. The molecular weight excluding hydrogens is 484 g/mol. The summed E-state index contributed by atoms with van der Waals surface area (Å²) >= 11 is 0. The van der Waals surface area contributed by atoms with Gasteiger partial charge in [0.25, 0.3) is 11.7 Å². The van der Waals surface area contributed by atoms with E-state index in [4.69, 9.17) is 13.9 Å². The summed E-state index contributed by atoms with van der Waals surface area (Å²) in [6.45, 7) is 4.46. The monoisotopic (exact) mass is 512 g/mol. The largest absolute Gasteiger partial charge is 0.493 e. The van der Waals surface area contributed by atoms with Crippen molar-refractivity contribution in [3.63, 3.8) is 0 Å². The molecule has 6 rings (SSSR count). The summed E-state index contributed by atoms with van der Waals surface area (Å²) in [5.74, 6) is 2.99. The van der Waals surface area contributed by atoms with Gasteiger partial charge in [0.15, 0.2) is 17.3 Å². The zero-order valence-electron chi connectivity index (χ0n) is 21.5. The van der Waals surface area contributed by atoms with Crippen LogP contribution in [0.3, 0.4) is 0 Å². The third-order valence-corrected chi connectivity index (χ3v) is 7.10. The van der Waals surface area contributed by atoms with Crippen molar-refractivity contribution >= 4 is 28.5 Å². The molecule has 1 aliphatic heterocycles. The molecule has 0 radical (unpaired) electrons. The Morgan fingerprint density at radius 2 is 1.82 bits per heavy atom. The molecule has 1 amide bonds. The fourth-order valence-corrected chi connectivity index (χ4v) is 5.13. The number of aromatic nitrogens is 4. The Kier molecular flexibility index (Phi) is 6.07. The molecule has 0 unspecified atom stereocenters. The molecule has 1 aliphatic rings. The Bertz CT molecular complexity index is 1640. The summed E-state index contributed by atoms with van der Waals surface area (Å²) in [4.78, 5) is 26.5. The first kappa shape index (κ1) is 23.8. The van der Waals surface area contributed by atoms with E-state index in [1.807, 2.05) is 60.5 Å². The van der Waals surface area contributed by atoms with E-state index in [0.29, 0.717) is 42.7 Å². The number of methoxy groups -OCH3 is 2. The molecular formula is C28H28N6O4. The van der Waals surface area contributed by atoms with E-state index in [2.05, 4.69) is 20.0 Å². The summed E-state index contributed by atoms with van der Waals surface area (Å²) in [7, 11) is 3.23. The molecule has 0 aliphatic carbocycles. The lowest BCUT2D eigenvalue weighted by atomic mass is 10.1. The number of hydrogen-bond acceptors (Lipinski definition) is 8. The van der Waals surface area contributed by atoms with Gasteiger partial charge in [-0.05, 0) is 37.1 Å². The Morgan fingerprint density at radius 1 is 0.974 bits per heavy atom. The van der Waals surface area contributed by atoms with Crippen molar-refractivity contribution in [1.82, 2.24) is 24.5 Å². The summed E-state index contributed by atoms with van der Waals surface area (Å²) in [5, 5.41) is 5.44. The van der Waals surface area contributed by atoms with Crippen LogP contribution >= 0.6 is 0 Å². The molecule has 10 heteroatoms. The summed E-state index contributed by atoms with van der Waals surface area (Å²) in [6.07, 6.45) is 4.10. The molecule has 0 atom stereocenters. The fraction of sp³-hybridized carbons (Fsp3) is 0.286. The minimum Gasteiger partial charge on any atom is -0.493 e. The Balaban J connectivity index is 1.33. The number of fused-ring (bicyclic) bond motifs is 2. The van der Waals surface area contributed by atoms with Gasteiger partial charge < -0.3 is 23.7 Å². The average molecular weight is 513 g/mol. The van der Waals surface area contributed by atoms with Crippen molar-refractivity contribution in [2.45, 2.75) is 13.3 Å². The smallest absolute Gasteiger partial charge is 0.289 e. The number of carbonyl (C=O) groups is 1. The highest BCUT2D eigenvalue weighted by Crippen LogP contribution is 2.37. The second kappa shape index (κ2) is 9.70. The van der Waals surface area contributed by atoms with Crippen molar-refractivity contribution in [3.8, 4) is 22.6 Å². The molecule has 10 nitrogen and oxygen atoms in total. The van der Waals surface area contributed by atoms with Crippen LogP contribution in [0.15, 0.2) is 59.4 Å². The Morgan fingerprint density at radius 3 is 2.63 bits per heavy atom. The number of hydrogen-bond donors (Lipinski definition) is 0. The van der Waals surface area contributed by atoms with Gasteiger partial charge in [-0.15, -0.1) is 0 Å². The van der Waals surface area contributed by atoms with Crippen molar-refractivity contribution in [3.05, 3.63) is 66.3 Å².